The topological polar surface area (TPSA) is 116 Å². The predicted octanol–water partition coefficient (Wildman–Crippen LogP) is 1.64. The highest BCUT2D eigenvalue weighted by Gasteiger charge is 2.19. The molecule has 0 spiro atoms. The van der Waals surface area contributed by atoms with Crippen LogP contribution in [0.1, 0.15) is 42.8 Å². The average molecular weight is 343 g/mol. The van der Waals surface area contributed by atoms with E-state index in [0.717, 1.165) is 0 Å². The normalized spacial score (nSPS) is 11.2. The van der Waals surface area contributed by atoms with E-state index < -0.39 is 0 Å². The first-order valence-corrected chi connectivity index (χ1v) is 8.29. The van der Waals surface area contributed by atoms with Crippen LogP contribution in [-0.2, 0) is 19.5 Å². The van der Waals surface area contributed by atoms with E-state index >= 15 is 0 Å². The van der Waals surface area contributed by atoms with E-state index in [0.29, 0.717) is 53.9 Å². The quantitative estimate of drug-likeness (QED) is 0.723. The number of hydrogen-bond donors (Lipinski definition) is 1. The number of carbonyl (C=O) groups excluding carboxylic acids is 1. The molecule has 0 unspecified atom stereocenters. The van der Waals surface area contributed by atoms with E-state index in [9.17, 15) is 4.79 Å². The lowest BCUT2D eigenvalue weighted by molar-refractivity contribution is 0.0734. The van der Waals surface area contributed by atoms with Crippen molar-refractivity contribution in [2.45, 2.75) is 40.3 Å². The maximum atomic E-state index is 12.8. The SMILES string of the molecule is CCc1noc(CN(CC)C(=O)c2cnc3c(c2)nc(N)n3CC)n1. The number of rotatable bonds is 6. The fourth-order valence-electron chi connectivity index (χ4n) is 2.63. The smallest absolute Gasteiger partial charge is 0.255 e. The second-order valence-corrected chi connectivity index (χ2v) is 5.56. The molecule has 0 bridgehead atoms. The molecule has 0 radical (unpaired) electrons. The maximum absolute atomic E-state index is 12.8. The first-order valence-electron chi connectivity index (χ1n) is 8.29. The third kappa shape index (κ3) is 3.17. The number of hydrogen-bond acceptors (Lipinski definition) is 7. The number of amides is 1. The largest absolute Gasteiger partial charge is 0.369 e. The second-order valence-electron chi connectivity index (χ2n) is 5.56. The standard InChI is InChI=1S/C16H21N7O2/c1-4-12-20-13(25-21-12)9-22(5-2)15(24)10-7-11-14(18-8-10)23(6-3)16(17)19-11/h7-8H,4-6,9H2,1-3H3,(H2,17,19). The summed E-state index contributed by atoms with van der Waals surface area (Å²) in [4.78, 5) is 27.3. The second kappa shape index (κ2) is 6.88. The minimum absolute atomic E-state index is 0.169. The first kappa shape index (κ1) is 16.9. The molecule has 9 heteroatoms. The Bertz CT molecular complexity index is 899. The van der Waals surface area contributed by atoms with Crippen LogP contribution in [0.2, 0.25) is 0 Å². The van der Waals surface area contributed by atoms with Gasteiger partial charge in [0, 0.05) is 25.7 Å². The molecule has 0 aliphatic heterocycles. The van der Waals surface area contributed by atoms with Crippen LogP contribution in [0.15, 0.2) is 16.8 Å². The Morgan fingerprint density at radius 1 is 1.32 bits per heavy atom. The minimum Gasteiger partial charge on any atom is -0.369 e. The van der Waals surface area contributed by atoms with E-state index in [-0.39, 0.29) is 12.5 Å². The molecule has 0 fully saturated rings. The van der Waals surface area contributed by atoms with Crippen LogP contribution in [0, 0.1) is 0 Å². The van der Waals surface area contributed by atoms with Crippen LogP contribution in [0.4, 0.5) is 5.95 Å². The fraction of sp³-hybridized carbons (Fsp3) is 0.438. The first-order chi connectivity index (χ1) is 12.1. The summed E-state index contributed by atoms with van der Waals surface area (Å²) in [5.74, 6) is 1.26. The molecule has 132 valence electrons. The third-order valence-corrected chi connectivity index (χ3v) is 4.00. The van der Waals surface area contributed by atoms with Gasteiger partial charge in [-0.25, -0.2) is 9.97 Å². The number of nitrogens with zero attached hydrogens (tertiary/aromatic N) is 6. The molecule has 0 aliphatic rings. The molecular weight excluding hydrogens is 322 g/mol. The molecule has 0 atom stereocenters. The molecule has 0 aliphatic carbocycles. The lowest BCUT2D eigenvalue weighted by Gasteiger charge is -2.18. The summed E-state index contributed by atoms with van der Waals surface area (Å²) in [6, 6.07) is 1.71. The van der Waals surface area contributed by atoms with Crippen molar-refractivity contribution < 1.29 is 9.32 Å². The van der Waals surface area contributed by atoms with Gasteiger partial charge in [0.1, 0.15) is 12.1 Å². The number of imidazole rings is 1. The van der Waals surface area contributed by atoms with Crippen molar-refractivity contribution in [2.24, 2.45) is 0 Å². The molecule has 1 amide bonds. The Labute approximate surface area is 144 Å². The van der Waals surface area contributed by atoms with Gasteiger partial charge in [0.15, 0.2) is 11.5 Å². The van der Waals surface area contributed by atoms with Crippen LogP contribution in [0.25, 0.3) is 11.2 Å². The predicted molar refractivity (Wildman–Crippen MR) is 91.7 cm³/mol. The van der Waals surface area contributed by atoms with Crippen LogP contribution in [0.5, 0.6) is 0 Å². The number of nitrogen functional groups attached to an aromatic ring is 1. The third-order valence-electron chi connectivity index (χ3n) is 4.00. The molecule has 2 N–H and O–H groups in total. The summed E-state index contributed by atoms with van der Waals surface area (Å²) in [6.45, 7) is 7.23. The molecular formula is C16H21N7O2. The van der Waals surface area contributed by atoms with E-state index in [4.69, 9.17) is 10.3 Å². The van der Waals surface area contributed by atoms with Crippen molar-refractivity contribution >= 4 is 23.0 Å². The molecule has 3 aromatic heterocycles. The molecule has 9 nitrogen and oxygen atoms in total. The number of fused-ring (bicyclic) bond motifs is 1. The molecule has 3 heterocycles. The molecule has 0 aromatic carbocycles. The Morgan fingerprint density at radius 2 is 2.12 bits per heavy atom. The zero-order valence-corrected chi connectivity index (χ0v) is 14.6. The van der Waals surface area contributed by atoms with Crippen LogP contribution >= 0.6 is 0 Å². The Balaban J connectivity index is 1.85. The van der Waals surface area contributed by atoms with E-state index in [1.54, 1.807) is 21.7 Å². The zero-order chi connectivity index (χ0) is 18.0. The summed E-state index contributed by atoms with van der Waals surface area (Å²) in [7, 11) is 0. The molecule has 3 rings (SSSR count). The van der Waals surface area contributed by atoms with Gasteiger partial charge in [-0.3, -0.25) is 9.36 Å². The van der Waals surface area contributed by atoms with Crippen LogP contribution in [0.3, 0.4) is 0 Å². The molecule has 3 aromatic rings. The van der Waals surface area contributed by atoms with Crippen LogP contribution < -0.4 is 5.73 Å². The monoisotopic (exact) mass is 343 g/mol. The Morgan fingerprint density at radius 3 is 2.76 bits per heavy atom. The lowest BCUT2D eigenvalue weighted by atomic mass is 10.2. The number of pyridine rings is 1. The van der Waals surface area contributed by atoms with Crippen molar-refractivity contribution in [3.05, 3.63) is 29.5 Å². The molecule has 0 saturated carbocycles. The molecule has 25 heavy (non-hydrogen) atoms. The number of anilines is 1. The lowest BCUT2D eigenvalue weighted by Crippen LogP contribution is -2.30. The van der Waals surface area contributed by atoms with Gasteiger partial charge in [-0.2, -0.15) is 4.98 Å². The zero-order valence-electron chi connectivity index (χ0n) is 14.6. The van der Waals surface area contributed by atoms with Gasteiger partial charge in [-0.15, -0.1) is 0 Å². The van der Waals surface area contributed by atoms with Crippen molar-refractivity contribution in [3.8, 4) is 0 Å². The van der Waals surface area contributed by atoms with Gasteiger partial charge in [0.2, 0.25) is 11.8 Å². The van der Waals surface area contributed by atoms with E-state index in [2.05, 4.69) is 20.1 Å². The van der Waals surface area contributed by atoms with Gasteiger partial charge in [0.25, 0.3) is 5.91 Å². The van der Waals surface area contributed by atoms with Gasteiger partial charge in [0.05, 0.1) is 5.56 Å². The van der Waals surface area contributed by atoms with Gasteiger partial charge < -0.3 is 15.2 Å². The number of carbonyl (C=O) groups is 1. The van der Waals surface area contributed by atoms with Crippen LogP contribution in [-0.4, -0.2) is 42.0 Å². The maximum Gasteiger partial charge on any atom is 0.255 e. The van der Waals surface area contributed by atoms with Gasteiger partial charge in [-0.05, 0) is 19.9 Å². The van der Waals surface area contributed by atoms with E-state index in [1.807, 2.05) is 20.8 Å². The van der Waals surface area contributed by atoms with Crippen molar-refractivity contribution in [1.82, 2.24) is 29.6 Å². The minimum atomic E-state index is -0.169. The van der Waals surface area contributed by atoms with Crippen molar-refractivity contribution in [2.75, 3.05) is 12.3 Å². The number of aromatic nitrogens is 5. The van der Waals surface area contributed by atoms with E-state index in [1.165, 1.54) is 0 Å². The number of aryl methyl sites for hydroxylation is 2. The average Bonchev–Trinajstić information content (AvgIpc) is 3.20. The summed E-state index contributed by atoms with van der Waals surface area (Å²) in [5.41, 5.74) is 7.61. The summed E-state index contributed by atoms with van der Waals surface area (Å²) >= 11 is 0. The summed E-state index contributed by atoms with van der Waals surface area (Å²) in [5, 5.41) is 3.85. The van der Waals surface area contributed by atoms with Crippen molar-refractivity contribution in [3.63, 3.8) is 0 Å². The highest BCUT2D eigenvalue weighted by atomic mass is 16.5. The summed E-state index contributed by atoms with van der Waals surface area (Å²) in [6.07, 6.45) is 2.23. The number of nitrogens with two attached hydrogens (primary N) is 1. The van der Waals surface area contributed by atoms with Crippen molar-refractivity contribution in [1.29, 1.82) is 0 Å². The summed E-state index contributed by atoms with van der Waals surface area (Å²) < 4.78 is 6.97. The van der Waals surface area contributed by atoms with Gasteiger partial charge in [-0.1, -0.05) is 12.1 Å². The van der Waals surface area contributed by atoms with Gasteiger partial charge >= 0.3 is 0 Å². The fourth-order valence-corrected chi connectivity index (χ4v) is 2.63. The highest BCUT2D eigenvalue weighted by molar-refractivity contribution is 5.96. The highest BCUT2D eigenvalue weighted by Crippen LogP contribution is 2.18. The Hall–Kier alpha value is -2.97. The Kier molecular flexibility index (Phi) is 4.64. The molecule has 0 saturated heterocycles.